The normalized spacial score (nSPS) is 23.5. The van der Waals surface area contributed by atoms with Gasteiger partial charge in [-0.2, -0.15) is 0 Å². The SMILES string of the molecule is Cc1ccccc1OCCN1CCCC(C)(C(=O)O)C1. The first-order chi connectivity index (χ1) is 9.51. The second-order valence-electron chi connectivity index (χ2n) is 5.86. The molecule has 0 spiro atoms. The summed E-state index contributed by atoms with van der Waals surface area (Å²) in [6.07, 6.45) is 1.70. The third-order valence-electron chi connectivity index (χ3n) is 4.05. The zero-order valence-electron chi connectivity index (χ0n) is 12.3. The number of rotatable bonds is 5. The number of nitrogens with zero attached hydrogens (tertiary/aromatic N) is 1. The van der Waals surface area contributed by atoms with E-state index in [2.05, 4.69) is 4.90 Å². The zero-order chi connectivity index (χ0) is 14.6. The highest BCUT2D eigenvalue weighted by Crippen LogP contribution is 2.29. The number of piperidine rings is 1. The van der Waals surface area contributed by atoms with E-state index in [9.17, 15) is 9.90 Å². The summed E-state index contributed by atoms with van der Waals surface area (Å²) in [5, 5.41) is 9.30. The largest absolute Gasteiger partial charge is 0.492 e. The average molecular weight is 277 g/mol. The van der Waals surface area contributed by atoms with E-state index in [1.165, 1.54) is 0 Å². The summed E-state index contributed by atoms with van der Waals surface area (Å²) < 4.78 is 5.78. The van der Waals surface area contributed by atoms with Gasteiger partial charge in [-0.15, -0.1) is 0 Å². The first-order valence-corrected chi connectivity index (χ1v) is 7.15. The van der Waals surface area contributed by atoms with E-state index >= 15 is 0 Å². The molecule has 0 saturated carbocycles. The monoisotopic (exact) mass is 277 g/mol. The smallest absolute Gasteiger partial charge is 0.310 e. The van der Waals surface area contributed by atoms with Gasteiger partial charge in [-0.05, 0) is 44.9 Å². The lowest BCUT2D eigenvalue weighted by Crippen LogP contribution is -2.47. The van der Waals surface area contributed by atoms with Crippen molar-refractivity contribution in [2.45, 2.75) is 26.7 Å². The van der Waals surface area contributed by atoms with Crippen molar-refractivity contribution in [3.63, 3.8) is 0 Å². The van der Waals surface area contributed by atoms with Crippen LogP contribution in [-0.2, 0) is 4.79 Å². The summed E-state index contributed by atoms with van der Waals surface area (Å²) in [6.45, 7) is 6.80. The highest BCUT2D eigenvalue weighted by atomic mass is 16.5. The van der Waals surface area contributed by atoms with Crippen molar-refractivity contribution in [1.82, 2.24) is 4.90 Å². The number of hydrogen-bond acceptors (Lipinski definition) is 3. The summed E-state index contributed by atoms with van der Waals surface area (Å²) in [6, 6.07) is 7.94. The molecule has 0 radical (unpaired) electrons. The van der Waals surface area contributed by atoms with Gasteiger partial charge in [0.15, 0.2) is 0 Å². The third kappa shape index (κ3) is 3.51. The van der Waals surface area contributed by atoms with Gasteiger partial charge in [0.1, 0.15) is 12.4 Å². The molecule has 20 heavy (non-hydrogen) atoms. The molecule has 1 aliphatic heterocycles. The van der Waals surface area contributed by atoms with Gasteiger partial charge in [-0.3, -0.25) is 9.69 Å². The Bertz CT molecular complexity index is 475. The summed E-state index contributed by atoms with van der Waals surface area (Å²) in [5.74, 6) is 0.215. The highest BCUT2D eigenvalue weighted by molar-refractivity contribution is 5.74. The quantitative estimate of drug-likeness (QED) is 0.898. The molecule has 0 amide bonds. The van der Waals surface area contributed by atoms with E-state index in [0.29, 0.717) is 13.2 Å². The van der Waals surface area contributed by atoms with E-state index in [1.54, 1.807) is 0 Å². The predicted molar refractivity (Wildman–Crippen MR) is 78.1 cm³/mol. The van der Waals surface area contributed by atoms with Gasteiger partial charge >= 0.3 is 5.97 Å². The van der Waals surface area contributed by atoms with Crippen molar-refractivity contribution in [1.29, 1.82) is 0 Å². The molecule has 1 fully saturated rings. The molecule has 0 bridgehead atoms. The van der Waals surface area contributed by atoms with Crippen molar-refractivity contribution < 1.29 is 14.6 Å². The Hall–Kier alpha value is -1.55. The molecule has 4 heteroatoms. The van der Waals surface area contributed by atoms with Gasteiger partial charge < -0.3 is 9.84 Å². The Morgan fingerprint density at radius 1 is 1.45 bits per heavy atom. The number of likely N-dealkylation sites (tertiary alicyclic amines) is 1. The molecule has 1 aromatic carbocycles. The fourth-order valence-corrected chi connectivity index (χ4v) is 2.71. The molecule has 0 aromatic heterocycles. The van der Waals surface area contributed by atoms with Crippen LogP contribution < -0.4 is 4.74 Å². The average Bonchev–Trinajstić information content (AvgIpc) is 2.41. The van der Waals surface area contributed by atoms with E-state index in [0.717, 1.165) is 37.2 Å². The molecule has 1 N–H and O–H groups in total. The predicted octanol–water partition coefficient (Wildman–Crippen LogP) is 2.56. The molecule has 1 aliphatic rings. The lowest BCUT2D eigenvalue weighted by Gasteiger charge is -2.37. The van der Waals surface area contributed by atoms with Crippen LogP contribution in [0.15, 0.2) is 24.3 Å². The van der Waals surface area contributed by atoms with Gasteiger partial charge in [0, 0.05) is 13.1 Å². The molecule has 110 valence electrons. The lowest BCUT2D eigenvalue weighted by atomic mass is 9.82. The van der Waals surface area contributed by atoms with E-state index < -0.39 is 11.4 Å². The van der Waals surface area contributed by atoms with Crippen LogP contribution in [0, 0.1) is 12.3 Å². The van der Waals surface area contributed by atoms with Gasteiger partial charge in [-0.1, -0.05) is 18.2 Å². The maximum Gasteiger partial charge on any atom is 0.310 e. The second-order valence-corrected chi connectivity index (χ2v) is 5.86. The lowest BCUT2D eigenvalue weighted by molar-refractivity contribution is -0.151. The van der Waals surface area contributed by atoms with Crippen molar-refractivity contribution in [2.75, 3.05) is 26.2 Å². The van der Waals surface area contributed by atoms with Crippen LogP contribution >= 0.6 is 0 Å². The summed E-state index contributed by atoms with van der Waals surface area (Å²) >= 11 is 0. The molecule has 2 rings (SSSR count). The third-order valence-corrected chi connectivity index (χ3v) is 4.05. The maximum atomic E-state index is 11.3. The van der Waals surface area contributed by atoms with Gasteiger partial charge in [0.25, 0.3) is 0 Å². The number of hydrogen-bond donors (Lipinski definition) is 1. The maximum absolute atomic E-state index is 11.3. The summed E-state index contributed by atoms with van der Waals surface area (Å²) in [5.41, 5.74) is 0.516. The fourth-order valence-electron chi connectivity index (χ4n) is 2.71. The summed E-state index contributed by atoms with van der Waals surface area (Å²) in [4.78, 5) is 13.5. The van der Waals surface area contributed by atoms with Crippen molar-refractivity contribution in [3.8, 4) is 5.75 Å². The van der Waals surface area contributed by atoms with Crippen LogP contribution in [-0.4, -0.2) is 42.2 Å². The van der Waals surface area contributed by atoms with Crippen LogP contribution in [0.1, 0.15) is 25.3 Å². The van der Waals surface area contributed by atoms with Crippen molar-refractivity contribution in [3.05, 3.63) is 29.8 Å². The van der Waals surface area contributed by atoms with Crippen LogP contribution in [0.4, 0.5) is 0 Å². The van der Waals surface area contributed by atoms with E-state index in [1.807, 2.05) is 38.1 Å². The molecule has 1 heterocycles. The topological polar surface area (TPSA) is 49.8 Å². The molecule has 1 unspecified atom stereocenters. The Morgan fingerprint density at radius 3 is 2.90 bits per heavy atom. The number of aliphatic carboxylic acids is 1. The number of aryl methyl sites for hydroxylation is 1. The number of benzene rings is 1. The van der Waals surface area contributed by atoms with Gasteiger partial charge in [0.05, 0.1) is 5.41 Å². The van der Waals surface area contributed by atoms with Gasteiger partial charge in [0.2, 0.25) is 0 Å². The molecule has 1 atom stereocenters. The van der Waals surface area contributed by atoms with Crippen molar-refractivity contribution >= 4 is 5.97 Å². The van der Waals surface area contributed by atoms with E-state index in [4.69, 9.17) is 4.74 Å². The van der Waals surface area contributed by atoms with Crippen LogP contribution in [0.3, 0.4) is 0 Å². The van der Waals surface area contributed by atoms with E-state index in [-0.39, 0.29) is 0 Å². The molecular weight excluding hydrogens is 254 g/mol. The number of para-hydroxylation sites is 1. The van der Waals surface area contributed by atoms with Crippen molar-refractivity contribution in [2.24, 2.45) is 5.41 Å². The van der Waals surface area contributed by atoms with Gasteiger partial charge in [-0.25, -0.2) is 0 Å². The minimum absolute atomic E-state index is 0.598. The zero-order valence-corrected chi connectivity index (χ0v) is 12.3. The highest BCUT2D eigenvalue weighted by Gasteiger charge is 2.37. The van der Waals surface area contributed by atoms with Crippen LogP contribution in [0.25, 0.3) is 0 Å². The fraction of sp³-hybridized carbons (Fsp3) is 0.562. The standard InChI is InChI=1S/C16H23NO3/c1-13-6-3-4-7-14(13)20-11-10-17-9-5-8-16(2,12-17)15(18)19/h3-4,6-7H,5,8-12H2,1-2H3,(H,18,19). The Kier molecular flexibility index (Phi) is 4.65. The summed E-state index contributed by atoms with van der Waals surface area (Å²) in [7, 11) is 0. The second kappa shape index (κ2) is 6.27. The number of ether oxygens (including phenoxy) is 1. The Labute approximate surface area is 120 Å². The molecule has 0 aliphatic carbocycles. The number of carboxylic acids is 1. The minimum atomic E-state index is -0.693. The first-order valence-electron chi connectivity index (χ1n) is 7.15. The number of carbonyl (C=O) groups is 1. The molecule has 1 saturated heterocycles. The minimum Gasteiger partial charge on any atom is -0.492 e. The Balaban J connectivity index is 1.83. The Morgan fingerprint density at radius 2 is 2.20 bits per heavy atom. The van der Waals surface area contributed by atoms with Crippen LogP contribution in [0.2, 0.25) is 0 Å². The number of carboxylic acid groups (broad SMARTS) is 1. The van der Waals surface area contributed by atoms with Crippen LogP contribution in [0.5, 0.6) is 5.75 Å². The molecule has 4 nitrogen and oxygen atoms in total. The first kappa shape index (κ1) is 14.9. The molecule has 1 aromatic rings. The molecular formula is C16H23NO3.